The predicted octanol–water partition coefficient (Wildman–Crippen LogP) is 0.843. The van der Waals surface area contributed by atoms with Crippen LogP contribution in [0.5, 0.6) is 0 Å². The monoisotopic (exact) mass is 255 g/mol. The van der Waals surface area contributed by atoms with Crippen molar-refractivity contribution in [1.82, 2.24) is 0 Å². The number of para-hydroxylation sites is 1. The summed E-state index contributed by atoms with van der Waals surface area (Å²) in [5.74, 6) is -4.80. The molecule has 0 saturated heterocycles. The number of nitro groups is 1. The number of nitrogens with zero attached hydrogens (tertiary/aromatic N) is 1. The van der Waals surface area contributed by atoms with E-state index in [-0.39, 0.29) is 5.56 Å². The molecule has 0 aliphatic heterocycles. The third-order valence-electron chi connectivity index (χ3n) is 2.54. The predicted molar refractivity (Wildman–Crippen MR) is 60.6 cm³/mol. The minimum absolute atomic E-state index is 0.317. The molecule has 1 unspecified atom stereocenters. The van der Waals surface area contributed by atoms with Crippen LogP contribution in [0.25, 0.3) is 0 Å². The highest BCUT2D eigenvalue weighted by Gasteiger charge is 2.36. The zero-order valence-corrected chi connectivity index (χ0v) is 9.61. The summed E-state index contributed by atoms with van der Waals surface area (Å²) in [5.41, 5.74) is -0.775. The SMILES string of the molecule is CC(CC(O)(O)c1ccccc1[N+](=O)[O-])C(=O)O. The Balaban J connectivity index is 3.12. The third-order valence-corrected chi connectivity index (χ3v) is 2.54. The van der Waals surface area contributed by atoms with Gasteiger partial charge in [0.2, 0.25) is 0 Å². The number of nitro benzene ring substituents is 1. The summed E-state index contributed by atoms with van der Waals surface area (Å²) in [5, 5.41) is 39.1. The van der Waals surface area contributed by atoms with E-state index in [1.54, 1.807) is 0 Å². The first-order chi connectivity index (χ1) is 8.25. The van der Waals surface area contributed by atoms with Crippen LogP contribution in [-0.2, 0) is 10.6 Å². The van der Waals surface area contributed by atoms with E-state index in [9.17, 15) is 25.1 Å². The Kier molecular flexibility index (Phi) is 4.00. The number of aliphatic hydroxyl groups is 2. The standard InChI is InChI=1S/C11H13NO6/c1-7(10(13)14)6-11(15,16)8-4-2-3-5-9(8)12(17)18/h2-5,7,15-16H,6H2,1H3,(H,13,14). The van der Waals surface area contributed by atoms with Crippen LogP contribution in [-0.4, -0.2) is 26.2 Å². The molecule has 0 saturated carbocycles. The number of benzene rings is 1. The van der Waals surface area contributed by atoms with Gasteiger partial charge in [-0.2, -0.15) is 0 Å². The van der Waals surface area contributed by atoms with Gasteiger partial charge in [-0.15, -0.1) is 0 Å². The summed E-state index contributed by atoms with van der Waals surface area (Å²) in [7, 11) is 0. The second kappa shape index (κ2) is 5.11. The second-order valence-corrected chi connectivity index (χ2v) is 4.03. The summed E-state index contributed by atoms with van der Waals surface area (Å²) in [4.78, 5) is 20.7. The minimum Gasteiger partial charge on any atom is -0.481 e. The van der Waals surface area contributed by atoms with Crippen molar-refractivity contribution in [3.05, 3.63) is 39.9 Å². The van der Waals surface area contributed by atoms with Crippen molar-refractivity contribution in [2.24, 2.45) is 5.92 Å². The number of hydrogen-bond donors (Lipinski definition) is 3. The van der Waals surface area contributed by atoms with Crippen LogP contribution in [0.2, 0.25) is 0 Å². The molecule has 98 valence electrons. The summed E-state index contributed by atoms with van der Waals surface area (Å²) >= 11 is 0. The van der Waals surface area contributed by atoms with Crippen molar-refractivity contribution in [2.45, 2.75) is 19.1 Å². The second-order valence-electron chi connectivity index (χ2n) is 4.03. The third kappa shape index (κ3) is 3.02. The molecule has 0 heterocycles. The maximum Gasteiger partial charge on any atom is 0.306 e. The number of hydrogen-bond acceptors (Lipinski definition) is 5. The van der Waals surface area contributed by atoms with Crippen LogP contribution in [0.3, 0.4) is 0 Å². The van der Waals surface area contributed by atoms with E-state index in [0.29, 0.717) is 0 Å². The molecule has 0 aliphatic carbocycles. The topological polar surface area (TPSA) is 121 Å². The van der Waals surface area contributed by atoms with Crippen LogP contribution in [0.1, 0.15) is 18.9 Å². The molecule has 3 N–H and O–H groups in total. The molecule has 0 radical (unpaired) electrons. The molecule has 18 heavy (non-hydrogen) atoms. The number of carbonyl (C=O) groups is 1. The molecule has 7 nitrogen and oxygen atoms in total. The molecule has 0 amide bonds. The maximum absolute atomic E-state index is 10.8. The Hall–Kier alpha value is -1.99. The first-order valence-electron chi connectivity index (χ1n) is 5.17. The van der Waals surface area contributed by atoms with Gasteiger partial charge in [-0.05, 0) is 6.07 Å². The molecule has 0 fully saturated rings. The number of carboxylic acid groups (broad SMARTS) is 1. The van der Waals surface area contributed by atoms with Crippen LogP contribution in [0.4, 0.5) is 5.69 Å². The first-order valence-corrected chi connectivity index (χ1v) is 5.17. The zero-order valence-electron chi connectivity index (χ0n) is 9.61. The lowest BCUT2D eigenvalue weighted by atomic mass is 9.94. The van der Waals surface area contributed by atoms with Crippen molar-refractivity contribution in [3.8, 4) is 0 Å². The lowest BCUT2D eigenvalue weighted by Crippen LogP contribution is -2.30. The van der Waals surface area contributed by atoms with Gasteiger partial charge < -0.3 is 15.3 Å². The van der Waals surface area contributed by atoms with E-state index in [1.807, 2.05) is 0 Å². The van der Waals surface area contributed by atoms with Gasteiger partial charge in [-0.3, -0.25) is 14.9 Å². The molecule has 1 rings (SSSR count). The van der Waals surface area contributed by atoms with E-state index in [4.69, 9.17) is 5.11 Å². The highest BCUT2D eigenvalue weighted by molar-refractivity contribution is 5.69. The zero-order chi connectivity index (χ0) is 13.9. The Morgan fingerprint density at radius 3 is 2.50 bits per heavy atom. The van der Waals surface area contributed by atoms with Crippen molar-refractivity contribution in [1.29, 1.82) is 0 Å². The maximum atomic E-state index is 10.8. The minimum atomic E-state index is -2.55. The largest absolute Gasteiger partial charge is 0.481 e. The van der Waals surface area contributed by atoms with E-state index < -0.39 is 34.7 Å². The highest BCUT2D eigenvalue weighted by atomic mass is 16.6. The number of aliphatic carboxylic acids is 1. The summed E-state index contributed by atoms with van der Waals surface area (Å²) in [6, 6.07) is 5.11. The van der Waals surface area contributed by atoms with Gasteiger partial charge in [-0.25, -0.2) is 0 Å². The molecule has 0 aliphatic rings. The molecular formula is C11H13NO6. The quantitative estimate of drug-likeness (QED) is 0.407. The average molecular weight is 255 g/mol. The van der Waals surface area contributed by atoms with Crippen LogP contribution >= 0.6 is 0 Å². The van der Waals surface area contributed by atoms with Gasteiger partial charge in [0.25, 0.3) is 5.69 Å². The van der Waals surface area contributed by atoms with Crippen LogP contribution < -0.4 is 0 Å². The average Bonchev–Trinajstić information content (AvgIpc) is 2.28. The van der Waals surface area contributed by atoms with Crippen LogP contribution in [0, 0.1) is 16.0 Å². The lowest BCUT2D eigenvalue weighted by molar-refractivity contribution is -0.388. The summed E-state index contributed by atoms with van der Waals surface area (Å²) in [6.45, 7) is 1.29. The van der Waals surface area contributed by atoms with Crippen molar-refractivity contribution < 1.29 is 25.0 Å². The fourth-order valence-corrected chi connectivity index (χ4v) is 1.60. The van der Waals surface area contributed by atoms with E-state index in [0.717, 1.165) is 6.07 Å². The Bertz CT molecular complexity index is 470. The van der Waals surface area contributed by atoms with E-state index >= 15 is 0 Å². The smallest absolute Gasteiger partial charge is 0.306 e. The van der Waals surface area contributed by atoms with E-state index in [1.165, 1.54) is 25.1 Å². The van der Waals surface area contributed by atoms with Crippen LogP contribution in [0.15, 0.2) is 24.3 Å². The Morgan fingerprint density at radius 1 is 1.44 bits per heavy atom. The molecule has 0 aromatic heterocycles. The Labute approximate surface area is 102 Å². The van der Waals surface area contributed by atoms with Gasteiger partial charge in [0.15, 0.2) is 5.79 Å². The number of rotatable bonds is 5. The molecule has 1 aromatic rings. The molecule has 0 bridgehead atoms. The fourth-order valence-electron chi connectivity index (χ4n) is 1.60. The van der Waals surface area contributed by atoms with Crippen molar-refractivity contribution in [2.75, 3.05) is 0 Å². The van der Waals surface area contributed by atoms with E-state index in [2.05, 4.69) is 0 Å². The molecule has 7 heteroatoms. The molecular weight excluding hydrogens is 242 g/mol. The highest BCUT2D eigenvalue weighted by Crippen LogP contribution is 2.32. The molecule has 1 atom stereocenters. The lowest BCUT2D eigenvalue weighted by Gasteiger charge is -2.23. The van der Waals surface area contributed by atoms with Gasteiger partial charge in [0, 0.05) is 12.5 Å². The molecule has 0 spiro atoms. The van der Waals surface area contributed by atoms with Gasteiger partial charge in [0.05, 0.1) is 16.4 Å². The van der Waals surface area contributed by atoms with Crippen molar-refractivity contribution in [3.63, 3.8) is 0 Å². The number of carboxylic acids is 1. The van der Waals surface area contributed by atoms with Gasteiger partial charge >= 0.3 is 5.97 Å². The fraction of sp³-hybridized carbons (Fsp3) is 0.364. The normalized spacial score (nSPS) is 13.1. The first kappa shape index (κ1) is 14.1. The van der Waals surface area contributed by atoms with Crippen molar-refractivity contribution >= 4 is 11.7 Å². The van der Waals surface area contributed by atoms with Gasteiger partial charge in [-0.1, -0.05) is 19.1 Å². The summed E-state index contributed by atoms with van der Waals surface area (Å²) in [6.07, 6.45) is -0.535. The van der Waals surface area contributed by atoms with Gasteiger partial charge in [0.1, 0.15) is 0 Å². The molecule has 1 aromatic carbocycles. The Morgan fingerprint density at radius 2 is 2.00 bits per heavy atom. The summed E-state index contributed by atoms with van der Waals surface area (Å²) < 4.78 is 0.